The van der Waals surface area contributed by atoms with Crippen molar-refractivity contribution in [3.8, 4) is 0 Å². The second kappa shape index (κ2) is 5.64. The molecule has 1 aliphatic heterocycles. The molecule has 0 aliphatic carbocycles. The van der Waals surface area contributed by atoms with E-state index in [9.17, 15) is 5.11 Å². The SMILES string of the molecule is C=CCN1CCN(CC(C)(C)CO)CC1. The highest BCUT2D eigenvalue weighted by Crippen LogP contribution is 2.16. The Morgan fingerprint density at radius 3 is 2.20 bits per heavy atom. The van der Waals surface area contributed by atoms with E-state index in [0.717, 1.165) is 39.3 Å². The van der Waals surface area contributed by atoms with Gasteiger partial charge in [-0.25, -0.2) is 0 Å². The minimum Gasteiger partial charge on any atom is -0.396 e. The Bertz CT molecular complexity index is 196. The van der Waals surface area contributed by atoms with E-state index in [1.165, 1.54) is 0 Å². The van der Waals surface area contributed by atoms with E-state index >= 15 is 0 Å². The van der Waals surface area contributed by atoms with Crippen molar-refractivity contribution in [3.05, 3.63) is 12.7 Å². The molecule has 3 nitrogen and oxygen atoms in total. The molecule has 0 spiro atoms. The average Bonchev–Trinajstić information content (AvgIpc) is 2.21. The van der Waals surface area contributed by atoms with Gasteiger partial charge in [-0.1, -0.05) is 19.9 Å². The number of piperazine rings is 1. The van der Waals surface area contributed by atoms with Crippen molar-refractivity contribution in [2.24, 2.45) is 5.41 Å². The van der Waals surface area contributed by atoms with Crippen molar-refractivity contribution in [1.82, 2.24) is 9.80 Å². The highest BCUT2D eigenvalue weighted by molar-refractivity contribution is 4.81. The summed E-state index contributed by atoms with van der Waals surface area (Å²) >= 11 is 0. The van der Waals surface area contributed by atoms with Crippen LogP contribution in [0.1, 0.15) is 13.8 Å². The molecule has 1 N–H and O–H groups in total. The molecule has 1 rings (SSSR count). The summed E-state index contributed by atoms with van der Waals surface area (Å²) in [4.78, 5) is 4.85. The Morgan fingerprint density at radius 1 is 1.20 bits per heavy atom. The van der Waals surface area contributed by atoms with Crippen LogP contribution in [0, 0.1) is 5.41 Å². The normalized spacial score (nSPS) is 20.5. The highest BCUT2D eigenvalue weighted by atomic mass is 16.3. The van der Waals surface area contributed by atoms with Gasteiger partial charge in [-0.05, 0) is 0 Å². The van der Waals surface area contributed by atoms with E-state index in [2.05, 4.69) is 30.2 Å². The summed E-state index contributed by atoms with van der Waals surface area (Å²) in [5.74, 6) is 0. The second-order valence-electron chi connectivity index (χ2n) is 5.19. The third-order valence-corrected chi connectivity index (χ3v) is 2.93. The summed E-state index contributed by atoms with van der Waals surface area (Å²) < 4.78 is 0. The molecule has 0 saturated carbocycles. The fraction of sp³-hybridized carbons (Fsp3) is 0.833. The lowest BCUT2D eigenvalue weighted by Crippen LogP contribution is -2.49. The van der Waals surface area contributed by atoms with Crippen LogP contribution >= 0.6 is 0 Å². The van der Waals surface area contributed by atoms with Gasteiger partial charge in [0.2, 0.25) is 0 Å². The zero-order chi connectivity index (χ0) is 11.3. The maximum atomic E-state index is 9.21. The number of nitrogens with zero attached hydrogens (tertiary/aromatic N) is 2. The van der Waals surface area contributed by atoms with Gasteiger partial charge in [-0.3, -0.25) is 4.90 Å². The first-order valence-corrected chi connectivity index (χ1v) is 5.74. The molecule has 1 aliphatic rings. The average molecular weight is 212 g/mol. The summed E-state index contributed by atoms with van der Waals surface area (Å²) in [5, 5.41) is 9.21. The van der Waals surface area contributed by atoms with Crippen LogP contribution in [-0.4, -0.2) is 60.8 Å². The zero-order valence-corrected chi connectivity index (χ0v) is 10.1. The van der Waals surface area contributed by atoms with Crippen molar-refractivity contribution in [2.75, 3.05) is 45.9 Å². The lowest BCUT2D eigenvalue weighted by Gasteiger charge is -2.38. The third kappa shape index (κ3) is 4.33. The molecule has 1 heterocycles. The lowest BCUT2D eigenvalue weighted by atomic mass is 9.94. The number of aliphatic hydroxyl groups excluding tert-OH is 1. The number of rotatable bonds is 5. The summed E-state index contributed by atoms with van der Waals surface area (Å²) in [6.45, 7) is 14.7. The molecular formula is C12H24N2O. The first kappa shape index (κ1) is 12.7. The molecule has 0 radical (unpaired) electrons. The maximum Gasteiger partial charge on any atom is 0.0494 e. The Balaban J connectivity index is 2.28. The molecule has 0 unspecified atom stereocenters. The van der Waals surface area contributed by atoms with E-state index in [1.54, 1.807) is 0 Å². The quantitative estimate of drug-likeness (QED) is 0.683. The molecule has 0 bridgehead atoms. The van der Waals surface area contributed by atoms with Crippen LogP contribution < -0.4 is 0 Å². The standard InChI is InChI=1S/C12H24N2O/c1-4-5-13-6-8-14(9-7-13)10-12(2,3)11-15/h4,15H,1,5-11H2,2-3H3. The summed E-state index contributed by atoms with van der Waals surface area (Å²) in [6.07, 6.45) is 1.97. The van der Waals surface area contributed by atoms with Crippen LogP contribution in [0.25, 0.3) is 0 Å². The number of aliphatic hydroxyl groups is 1. The van der Waals surface area contributed by atoms with Crippen molar-refractivity contribution in [3.63, 3.8) is 0 Å². The Kier molecular flexibility index (Phi) is 4.77. The fourth-order valence-electron chi connectivity index (χ4n) is 1.97. The van der Waals surface area contributed by atoms with E-state index in [1.807, 2.05) is 6.08 Å². The molecule has 0 aromatic rings. The first-order valence-electron chi connectivity index (χ1n) is 5.74. The summed E-state index contributed by atoms with van der Waals surface area (Å²) in [6, 6.07) is 0. The number of hydrogen-bond donors (Lipinski definition) is 1. The molecule has 88 valence electrons. The van der Waals surface area contributed by atoms with Gasteiger partial charge < -0.3 is 10.0 Å². The summed E-state index contributed by atoms with van der Waals surface area (Å²) in [7, 11) is 0. The van der Waals surface area contributed by atoms with Crippen molar-refractivity contribution < 1.29 is 5.11 Å². The Morgan fingerprint density at radius 2 is 1.73 bits per heavy atom. The van der Waals surface area contributed by atoms with Crippen molar-refractivity contribution >= 4 is 0 Å². The van der Waals surface area contributed by atoms with Gasteiger partial charge in [-0.15, -0.1) is 6.58 Å². The predicted molar refractivity (Wildman–Crippen MR) is 63.9 cm³/mol. The van der Waals surface area contributed by atoms with Crippen LogP contribution in [0.5, 0.6) is 0 Å². The topological polar surface area (TPSA) is 26.7 Å². The zero-order valence-electron chi connectivity index (χ0n) is 10.1. The number of hydrogen-bond acceptors (Lipinski definition) is 3. The van der Waals surface area contributed by atoms with Gasteiger partial charge in [0.1, 0.15) is 0 Å². The van der Waals surface area contributed by atoms with Crippen LogP contribution in [0.2, 0.25) is 0 Å². The van der Waals surface area contributed by atoms with Gasteiger partial charge in [0, 0.05) is 51.3 Å². The van der Waals surface area contributed by atoms with Gasteiger partial charge >= 0.3 is 0 Å². The predicted octanol–water partition coefficient (Wildman–Crippen LogP) is 0.808. The molecule has 1 saturated heterocycles. The fourth-order valence-corrected chi connectivity index (χ4v) is 1.97. The Hall–Kier alpha value is -0.380. The van der Waals surface area contributed by atoms with Crippen LogP contribution in [0.4, 0.5) is 0 Å². The first-order chi connectivity index (χ1) is 7.07. The van der Waals surface area contributed by atoms with Crippen molar-refractivity contribution in [1.29, 1.82) is 0 Å². The van der Waals surface area contributed by atoms with Gasteiger partial charge in [0.05, 0.1) is 0 Å². The maximum absolute atomic E-state index is 9.21. The molecule has 0 atom stereocenters. The Labute approximate surface area is 93.4 Å². The third-order valence-electron chi connectivity index (χ3n) is 2.93. The lowest BCUT2D eigenvalue weighted by molar-refractivity contribution is 0.0697. The minimum absolute atomic E-state index is 0.0284. The monoisotopic (exact) mass is 212 g/mol. The molecule has 0 amide bonds. The van der Waals surface area contributed by atoms with E-state index in [4.69, 9.17) is 0 Å². The van der Waals surface area contributed by atoms with E-state index in [-0.39, 0.29) is 12.0 Å². The van der Waals surface area contributed by atoms with E-state index < -0.39 is 0 Å². The van der Waals surface area contributed by atoms with Gasteiger partial charge in [0.15, 0.2) is 0 Å². The van der Waals surface area contributed by atoms with Crippen LogP contribution in [0.15, 0.2) is 12.7 Å². The van der Waals surface area contributed by atoms with Gasteiger partial charge in [0.25, 0.3) is 0 Å². The van der Waals surface area contributed by atoms with Gasteiger partial charge in [-0.2, -0.15) is 0 Å². The van der Waals surface area contributed by atoms with E-state index in [0.29, 0.717) is 0 Å². The second-order valence-corrected chi connectivity index (χ2v) is 5.19. The molecule has 0 aromatic heterocycles. The summed E-state index contributed by atoms with van der Waals surface area (Å²) in [5.41, 5.74) is 0.0284. The smallest absolute Gasteiger partial charge is 0.0494 e. The molecule has 15 heavy (non-hydrogen) atoms. The molecular weight excluding hydrogens is 188 g/mol. The minimum atomic E-state index is 0.0284. The molecule has 3 heteroatoms. The molecule has 0 aromatic carbocycles. The van der Waals surface area contributed by atoms with Crippen LogP contribution in [0.3, 0.4) is 0 Å². The largest absolute Gasteiger partial charge is 0.396 e. The molecule has 1 fully saturated rings. The van der Waals surface area contributed by atoms with Crippen molar-refractivity contribution in [2.45, 2.75) is 13.8 Å². The van der Waals surface area contributed by atoms with Crippen LogP contribution in [-0.2, 0) is 0 Å². The highest BCUT2D eigenvalue weighted by Gasteiger charge is 2.23.